The van der Waals surface area contributed by atoms with E-state index in [0.717, 1.165) is 12.8 Å². The molecule has 30 heavy (non-hydrogen) atoms. The molecule has 0 unspecified atom stereocenters. The van der Waals surface area contributed by atoms with Crippen LogP contribution < -0.4 is 16.0 Å². The lowest BCUT2D eigenvalue weighted by molar-refractivity contribution is 0.292. The van der Waals surface area contributed by atoms with E-state index >= 15 is 0 Å². The van der Waals surface area contributed by atoms with E-state index in [0.29, 0.717) is 52.4 Å². The zero-order valence-corrected chi connectivity index (χ0v) is 16.6. The van der Waals surface area contributed by atoms with Crippen LogP contribution in [-0.2, 0) is 0 Å². The Morgan fingerprint density at radius 1 is 1.37 bits per heavy atom. The number of nitrogens with one attached hydrogen (secondary N) is 3. The number of hydrogen-bond donors (Lipinski definition) is 4. The van der Waals surface area contributed by atoms with Gasteiger partial charge in [0.05, 0.1) is 34.2 Å². The number of imidazole rings is 1. The van der Waals surface area contributed by atoms with E-state index in [9.17, 15) is 5.26 Å². The molecule has 0 radical (unpaired) electrons. The number of benzene rings is 1. The van der Waals surface area contributed by atoms with Crippen LogP contribution in [0.1, 0.15) is 24.8 Å². The molecule has 2 aromatic heterocycles. The Hall–Kier alpha value is -3.60. The number of aliphatic hydroxyl groups is 1. The first-order valence-corrected chi connectivity index (χ1v) is 9.76. The lowest BCUT2D eigenvalue weighted by Gasteiger charge is -2.14. The van der Waals surface area contributed by atoms with Gasteiger partial charge in [-0.05, 0) is 31.4 Å². The zero-order valence-electron chi connectivity index (χ0n) is 15.9. The molecule has 1 fully saturated rings. The van der Waals surface area contributed by atoms with Crippen LogP contribution in [0.3, 0.4) is 0 Å². The highest BCUT2D eigenvalue weighted by Gasteiger charge is 2.25. The quantitative estimate of drug-likeness (QED) is 0.321. The van der Waals surface area contributed by atoms with Crippen molar-refractivity contribution in [3.63, 3.8) is 0 Å². The third kappa shape index (κ3) is 4.06. The van der Waals surface area contributed by atoms with Gasteiger partial charge in [-0.1, -0.05) is 23.3 Å². The number of nitrogens with zero attached hydrogens (tertiary/aromatic N) is 6. The van der Waals surface area contributed by atoms with Crippen LogP contribution >= 0.6 is 11.6 Å². The maximum absolute atomic E-state index is 9.37. The Kier molecular flexibility index (Phi) is 5.53. The zero-order chi connectivity index (χ0) is 21.1. The minimum atomic E-state index is 0.0482. The predicted molar refractivity (Wildman–Crippen MR) is 113 cm³/mol. The van der Waals surface area contributed by atoms with Crippen LogP contribution in [0.15, 0.2) is 18.3 Å². The SMILES string of the molecule is [C-]#[N+]c1cnc2c(NC3CC3)nc(Nc3cc(C#N)cc(NCCCO)c3Cl)nn12. The van der Waals surface area contributed by atoms with Gasteiger partial charge in [0, 0.05) is 19.2 Å². The van der Waals surface area contributed by atoms with Crippen molar-refractivity contribution in [2.24, 2.45) is 0 Å². The molecule has 4 rings (SSSR count). The third-order valence-corrected chi connectivity index (χ3v) is 4.88. The van der Waals surface area contributed by atoms with Crippen molar-refractivity contribution in [1.82, 2.24) is 19.6 Å². The second kappa shape index (κ2) is 8.41. The molecule has 0 saturated heterocycles. The second-order valence-corrected chi connectivity index (χ2v) is 7.17. The number of nitriles is 1. The first kappa shape index (κ1) is 19.7. The third-order valence-electron chi connectivity index (χ3n) is 4.48. The fourth-order valence-corrected chi connectivity index (χ4v) is 3.07. The summed E-state index contributed by atoms with van der Waals surface area (Å²) < 4.78 is 1.43. The van der Waals surface area contributed by atoms with E-state index in [1.807, 2.05) is 0 Å². The topological polar surface area (TPSA) is 128 Å². The number of hydrogen-bond acceptors (Lipinski definition) is 8. The molecule has 2 heterocycles. The van der Waals surface area contributed by atoms with Crippen LogP contribution in [-0.4, -0.2) is 43.9 Å². The predicted octanol–water partition coefficient (Wildman–Crippen LogP) is 3.31. The number of aliphatic hydroxyl groups excluding tert-OH is 1. The average molecular weight is 424 g/mol. The minimum Gasteiger partial charge on any atom is -0.396 e. The lowest BCUT2D eigenvalue weighted by atomic mass is 10.2. The van der Waals surface area contributed by atoms with Crippen LogP contribution in [0.4, 0.5) is 29.0 Å². The van der Waals surface area contributed by atoms with E-state index in [1.165, 1.54) is 10.7 Å². The molecule has 0 aliphatic heterocycles. The van der Waals surface area contributed by atoms with Gasteiger partial charge in [-0.25, -0.2) is 4.98 Å². The maximum Gasteiger partial charge on any atom is 0.275 e. The van der Waals surface area contributed by atoms with Crippen molar-refractivity contribution < 1.29 is 5.11 Å². The molecule has 1 saturated carbocycles. The summed E-state index contributed by atoms with van der Waals surface area (Å²) in [5.74, 6) is 1.00. The monoisotopic (exact) mass is 423 g/mol. The highest BCUT2D eigenvalue weighted by atomic mass is 35.5. The molecule has 4 N–H and O–H groups in total. The van der Waals surface area contributed by atoms with Crippen LogP contribution in [0.5, 0.6) is 0 Å². The van der Waals surface area contributed by atoms with E-state index in [2.05, 4.69) is 41.9 Å². The van der Waals surface area contributed by atoms with Gasteiger partial charge in [0.2, 0.25) is 0 Å². The van der Waals surface area contributed by atoms with Gasteiger partial charge in [-0.2, -0.15) is 10.2 Å². The summed E-state index contributed by atoms with van der Waals surface area (Å²) in [5.41, 5.74) is 1.88. The van der Waals surface area contributed by atoms with Crippen LogP contribution in [0, 0.1) is 17.9 Å². The minimum absolute atomic E-state index is 0.0482. The molecule has 0 spiro atoms. The molecule has 11 heteroatoms. The summed E-state index contributed by atoms with van der Waals surface area (Å²) in [7, 11) is 0. The first-order chi connectivity index (χ1) is 14.6. The van der Waals surface area contributed by atoms with E-state index in [4.69, 9.17) is 23.3 Å². The molecule has 10 nitrogen and oxygen atoms in total. The summed E-state index contributed by atoms with van der Waals surface area (Å²) in [6.07, 6.45) is 4.10. The Morgan fingerprint density at radius 2 is 2.17 bits per heavy atom. The van der Waals surface area contributed by atoms with Crippen molar-refractivity contribution in [2.45, 2.75) is 25.3 Å². The normalized spacial score (nSPS) is 12.9. The fraction of sp³-hybridized carbons (Fsp3) is 0.316. The molecule has 1 aliphatic carbocycles. The molecular weight excluding hydrogens is 406 g/mol. The van der Waals surface area contributed by atoms with E-state index in [1.54, 1.807) is 12.1 Å². The summed E-state index contributed by atoms with van der Waals surface area (Å²) in [4.78, 5) is 12.2. The van der Waals surface area contributed by atoms with Crippen molar-refractivity contribution in [2.75, 3.05) is 29.1 Å². The Bertz CT molecular complexity index is 1170. The van der Waals surface area contributed by atoms with Crippen molar-refractivity contribution in [3.8, 4) is 6.07 Å². The molecule has 0 amide bonds. The lowest BCUT2D eigenvalue weighted by Crippen LogP contribution is -2.10. The molecule has 1 aromatic carbocycles. The Morgan fingerprint density at radius 3 is 2.87 bits per heavy atom. The smallest absolute Gasteiger partial charge is 0.275 e. The summed E-state index contributed by atoms with van der Waals surface area (Å²) >= 11 is 6.52. The average Bonchev–Trinajstić information content (AvgIpc) is 3.47. The summed E-state index contributed by atoms with van der Waals surface area (Å²) in [5, 5.41) is 32.6. The van der Waals surface area contributed by atoms with E-state index < -0.39 is 0 Å². The molecule has 1 aliphatic rings. The second-order valence-electron chi connectivity index (χ2n) is 6.79. The van der Waals surface area contributed by atoms with Crippen LogP contribution in [0.2, 0.25) is 5.02 Å². The number of aromatic nitrogens is 4. The van der Waals surface area contributed by atoms with Crippen LogP contribution in [0.25, 0.3) is 10.5 Å². The largest absolute Gasteiger partial charge is 0.396 e. The van der Waals surface area contributed by atoms with Crippen molar-refractivity contribution in [3.05, 3.63) is 40.3 Å². The molecule has 3 aromatic rings. The fourth-order valence-electron chi connectivity index (χ4n) is 2.85. The number of rotatable bonds is 8. The van der Waals surface area contributed by atoms with Gasteiger partial charge < -0.3 is 25.9 Å². The standard InChI is InChI=1S/C19H18ClN9O/c1-22-15-10-24-18-17(25-12-3-4-12)27-19(28-29(15)18)26-14-8-11(9-21)7-13(16(14)20)23-5-2-6-30/h7-8,10,12,23,30H,2-6H2,(H2,25,26,27,28). The van der Waals surface area contributed by atoms with E-state index in [-0.39, 0.29) is 18.4 Å². The molecule has 152 valence electrons. The summed E-state index contributed by atoms with van der Waals surface area (Å²) in [6, 6.07) is 5.68. The molecule has 0 atom stereocenters. The van der Waals surface area contributed by atoms with Crippen molar-refractivity contribution >= 4 is 46.2 Å². The summed E-state index contributed by atoms with van der Waals surface area (Å²) in [6.45, 7) is 7.89. The van der Waals surface area contributed by atoms with Gasteiger partial charge in [0.25, 0.3) is 17.4 Å². The van der Waals surface area contributed by atoms with Gasteiger partial charge in [-0.15, -0.1) is 4.52 Å². The Labute approximate surface area is 177 Å². The van der Waals surface area contributed by atoms with Crippen molar-refractivity contribution in [1.29, 1.82) is 5.26 Å². The molecular formula is C19H18ClN9O. The maximum atomic E-state index is 9.37. The first-order valence-electron chi connectivity index (χ1n) is 9.38. The highest BCUT2D eigenvalue weighted by Crippen LogP contribution is 2.34. The number of fused-ring (bicyclic) bond motifs is 1. The molecule has 0 bridgehead atoms. The van der Waals surface area contributed by atoms with Gasteiger partial charge in [-0.3, -0.25) is 0 Å². The van der Waals surface area contributed by atoms with Gasteiger partial charge in [0.15, 0.2) is 5.82 Å². The number of halogens is 1. The highest BCUT2D eigenvalue weighted by molar-refractivity contribution is 6.36. The Balaban J connectivity index is 1.72. The van der Waals surface area contributed by atoms with Gasteiger partial charge in [0.1, 0.15) is 0 Å². The van der Waals surface area contributed by atoms with Gasteiger partial charge >= 0.3 is 0 Å². The number of anilines is 4.